The summed E-state index contributed by atoms with van der Waals surface area (Å²) < 4.78 is 5.43. The Balaban J connectivity index is 1.64. The molecule has 7 nitrogen and oxygen atoms in total. The molecule has 0 spiro atoms. The van der Waals surface area contributed by atoms with Crippen molar-refractivity contribution in [1.82, 2.24) is 9.80 Å². The first-order valence-corrected chi connectivity index (χ1v) is 10.4. The van der Waals surface area contributed by atoms with Gasteiger partial charge < -0.3 is 15.0 Å². The third-order valence-electron chi connectivity index (χ3n) is 5.43. The van der Waals surface area contributed by atoms with Crippen molar-refractivity contribution in [3.63, 3.8) is 0 Å². The Bertz CT molecular complexity index is 1010. The maximum absolute atomic E-state index is 13.4. The number of amides is 3. The molecule has 2 aromatic carbocycles. The summed E-state index contributed by atoms with van der Waals surface area (Å²) in [6.07, 6.45) is 0.601. The van der Waals surface area contributed by atoms with Gasteiger partial charge in [0.25, 0.3) is 11.8 Å². The third-order valence-corrected chi connectivity index (χ3v) is 5.43. The lowest BCUT2D eigenvalue weighted by atomic mass is 10.0. The van der Waals surface area contributed by atoms with Crippen LogP contribution in [0.5, 0.6) is 0 Å². The number of anilines is 1. The Morgan fingerprint density at radius 1 is 0.968 bits per heavy atom. The van der Waals surface area contributed by atoms with Crippen LogP contribution in [0.25, 0.3) is 5.57 Å². The van der Waals surface area contributed by atoms with E-state index in [1.54, 1.807) is 24.3 Å². The lowest BCUT2D eigenvalue weighted by Crippen LogP contribution is -2.40. The van der Waals surface area contributed by atoms with Gasteiger partial charge in [0.2, 0.25) is 5.91 Å². The first kappa shape index (κ1) is 20.8. The predicted octanol–water partition coefficient (Wildman–Crippen LogP) is 2.30. The summed E-state index contributed by atoms with van der Waals surface area (Å²) in [5, 5.41) is 2.72. The number of hydrogen-bond acceptors (Lipinski definition) is 5. The zero-order valence-corrected chi connectivity index (χ0v) is 17.5. The SMILES string of the molecule is CC(=O)Nc1ccc(C2=C(N3CCOCC3)C(=O)N(CCc3ccccc3)C2=O)cc1. The molecule has 0 bridgehead atoms. The fraction of sp³-hybridized carbons (Fsp3) is 0.292. The number of morpholine rings is 1. The number of ether oxygens (including phenoxy) is 1. The molecule has 3 amide bonds. The highest BCUT2D eigenvalue weighted by molar-refractivity contribution is 6.35. The van der Waals surface area contributed by atoms with E-state index in [1.165, 1.54) is 11.8 Å². The first-order chi connectivity index (χ1) is 15.0. The first-order valence-electron chi connectivity index (χ1n) is 10.4. The second-order valence-electron chi connectivity index (χ2n) is 7.58. The molecule has 0 atom stereocenters. The Labute approximate surface area is 181 Å². The van der Waals surface area contributed by atoms with Crippen LogP contribution in [0.1, 0.15) is 18.1 Å². The lowest BCUT2D eigenvalue weighted by molar-refractivity contribution is -0.137. The summed E-state index contributed by atoms with van der Waals surface area (Å²) in [5.41, 5.74) is 3.23. The molecule has 0 saturated carbocycles. The van der Waals surface area contributed by atoms with E-state index in [0.29, 0.717) is 61.8 Å². The fourth-order valence-corrected chi connectivity index (χ4v) is 3.92. The molecule has 0 unspecified atom stereocenters. The van der Waals surface area contributed by atoms with E-state index in [0.717, 1.165) is 5.56 Å². The van der Waals surface area contributed by atoms with E-state index in [4.69, 9.17) is 4.74 Å². The normalized spacial score (nSPS) is 16.8. The Morgan fingerprint density at radius 2 is 1.65 bits per heavy atom. The van der Waals surface area contributed by atoms with Crippen LogP contribution < -0.4 is 5.32 Å². The quantitative estimate of drug-likeness (QED) is 0.727. The fourth-order valence-electron chi connectivity index (χ4n) is 3.92. The van der Waals surface area contributed by atoms with Gasteiger partial charge >= 0.3 is 0 Å². The highest BCUT2D eigenvalue weighted by Gasteiger charge is 2.41. The van der Waals surface area contributed by atoms with Gasteiger partial charge in [0.05, 0.1) is 18.8 Å². The van der Waals surface area contributed by atoms with E-state index in [1.807, 2.05) is 35.2 Å². The molecule has 2 aromatic rings. The van der Waals surface area contributed by atoms with Crippen LogP contribution in [-0.4, -0.2) is 60.4 Å². The number of imide groups is 1. The van der Waals surface area contributed by atoms with Gasteiger partial charge in [0, 0.05) is 32.2 Å². The lowest BCUT2D eigenvalue weighted by Gasteiger charge is -2.29. The van der Waals surface area contributed by atoms with Crippen molar-refractivity contribution in [1.29, 1.82) is 0 Å². The van der Waals surface area contributed by atoms with Crippen molar-refractivity contribution in [2.24, 2.45) is 0 Å². The van der Waals surface area contributed by atoms with E-state index in [9.17, 15) is 14.4 Å². The van der Waals surface area contributed by atoms with E-state index < -0.39 is 0 Å². The van der Waals surface area contributed by atoms with E-state index in [-0.39, 0.29) is 17.7 Å². The molecule has 2 heterocycles. The number of hydrogen-bond donors (Lipinski definition) is 1. The molecule has 1 N–H and O–H groups in total. The minimum Gasteiger partial charge on any atom is -0.378 e. The summed E-state index contributed by atoms with van der Waals surface area (Å²) in [4.78, 5) is 41.3. The molecular formula is C24H25N3O4. The second-order valence-corrected chi connectivity index (χ2v) is 7.58. The minimum atomic E-state index is -0.283. The molecule has 1 saturated heterocycles. The van der Waals surface area contributed by atoms with Crippen LogP contribution in [0, 0.1) is 0 Å². The largest absolute Gasteiger partial charge is 0.378 e. The topological polar surface area (TPSA) is 79.0 Å². The summed E-state index contributed by atoms with van der Waals surface area (Å²) in [5.74, 6) is -0.710. The van der Waals surface area contributed by atoms with Crippen LogP contribution in [0.3, 0.4) is 0 Å². The number of benzene rings is 2. The molecule has 0 radical (unpaired) electrons. The minimum absolute atomic E-state index is 0.167. The van der Waals surface area contributed by atoms with Gasteiger partial charge in [-0.1, -0.05) is 42.5 Å². The molecule has 4 rings (SSSR count). The van der Waals surface area contributed by atoms with E-state index >= 15 is 0 Å². The third kappa shape index (κ3) is 4.51. The molecule has 0 aromatic heterocycles. The van der Waals surface area contributed by atoms with Crippen molar-refractivity contribution in [2.45, 2.75) is 13.3 Å². The molecule has 2 aliphatic heterocycles. The van der Waals surface area contributed by atoms with Crippen LogP contribution in [0.2, 0.25) is 0 Å². The Morgan fingerprint density at radius 3 is 2.29 bits per heavy atom. The van der Waals surface area contributed by atoms with Gasteiger partial charge in [0.15, 0.2) is 0 Å². The Kier molecular flexibility index (Phi) is 6.13. The van der Waals surface area contributed by atoms with Crippen LogP contribution in [-0.2, 0) is 25.5 Å². The smallest absolute Gasteiger partial charge is 0.277 e. The molecular weight excluding hydrogens is 394 g/mol. The van der Waals surface area contributed by atoms with Crippen LogP contribution in [0.15, 0.2) is 60.3 Å². The van der Waals surface area contributed by atoms with Crippen molar-refractivity contribution in [3.05, 3.63) is 71.4 Å². The average molecular weight is 419 g/mol. The summed E-state index contributed by atoms with van der Waals surface area (Å²) in [7, 11) is 0. The summed E-state index contributed by atoms with van der Waals surface area (Å²) in [6.45, 7) is 3.93. The standard InChI is InChI=1S/C24H25N3O4/c1-17(28)25-20-9-7-19(8-10-20)21-22(26-13-15-31-16-14-26)24(30)27(23(21)29)12-11-18-5-3-2-4-6-18/h2-10H,11-16H2,1H3,(H,25,28). The average Bonchev–Trinajstić information content (AvgIpc) is 3.03. The molecule has 0 aliphatic carbocycles. The zero-order chi connectivity index (χ0) is 21.8. The van der Waals surface area contributed by atoms with E-state index in [2.05, 4.69) is 5.32 Å². The monoisotopic (exact) mass is 419 g/mol. The summed E-state index contributed by atoms with van der Waals surface area (Å²) >= 11 is 0. The maximum Gasteiger partial charge on any atom is 0.277 e. The number of nitrogens with one attached hydrogen (secondary N) is 1. The van der Waals surface area contributed by atoms with Crippen LogP contribution >= 0.6 is 0 Å². The van der Waals surface area contributed by atoms with Crippen molar-refractivity contribution >= 4 is 29.0 Å². The highest BCUT2D eigenvalue weighted by Crippen LogP contribution is 2.32. The predicted molar refractivity (Wildman–Crippen MR) is 117 cm³/mol. The number of carbonyl (C=O) groups excluding carboxylic acids is 3. The zero-order valence-electron chi connectivity index (χ0n) is 17.5. The Hall–Kier alpha value is -3.45. The molecule has 160 valence electrons. The highest BCUT2D eigenvalue weighted by atomic mass is 16.5. The molecule has 7 heteroatoms. The van der Waals surface area contributed by atoms with Crippen molar-refractivity contribution < 1.29 is 19.1 Å². The van der Waals surface area contributed by atoms with Gasteiger partial charge in [-0.15, -0.1) is 0 Å². The summed E-state index contributed by atoms with van der Waals surface area (Å²) in [6, 6.07) is 16.8. The van der Waals surface area contributed by atoms with Crippen molar-refractivity contribution in [3.8, 4) is 0 Å². The molecule has 1 fully saturated rings. The number of carbonyl (C=O) groups is 3. The number of rotatable bonds is 6. The molecule has 2 aliphatic rings. The maximum atomic E-state index is 13.4. The van der Waals surface area contributed by atoms with Gasteiger partial charge in [-0.3, -0.25) is 19.3 Å². The number of nitrogens with zero attached hydrogens (tertiary/aromatic N) is 2. The van der Waals surface area contributed by atoms with Gasteiger partial charge in [-0.05, 0) is 29.7 Å². The van der Waals surface area contributed by atoms with Crippen LogP contribution in [0.4, 0.5) is 5.69 Å². The molecule has 31 heavy (non-hydrogen) atoms. The van der Waals surface area contributed by atoms with Gasteiger partial charge in [-0.25, -0.2) is 0 Å². The van der Waals surface area contributed by atoms with Gasteiger partial charge in [-0.2, -0.15) is 0 Å². The second kappa shape index (κ2) is 9.14. The van der Waals surface area contributed by atoms with Crippen molar-refractivity contribution in [2.75, 3.05) is 38.2 Å². The van der Waals surface area contributed by atoms with Gasteiger partial charge in [0.1, 0.15) is 5.70 Å².